The third-order valence-electron chi connectivity index (χ3n) is 3.47. The van der Waals surface area contributed by atoms with Gasteiger partial charge >= 0.3 is 11.9 Å². The second-order valence-electron chi connectivity index (χ2n) is 4.49. The van der Waals surface area contributed by atoms with Crippen LogP contribution >= 0.6 is 0 Å². The second-order valence-corrected chi connectivity index (χ2v) is 4.49. The Morgan fingerprint density at radius 3 is 2.59 bits per heavy atom. The molecule has 0 bridgehead atoms. The molecular formula is C13H20O4. The van der Waals surface area contributed by atoms with Crippen LogP contribution in [0.3, 0.4) is 0 Å². The first-order valence-corrected chi connectivity index (χ1v) is 6.12. The number of carboxylic acid groups (broad SMARTS) is 1. The molecule has 0 saturated heterocycles. The van der Waals surface area contributed by atoms with Crippen molar-refractivity contribution >= 4 is 11.9 Å². The van der Waals surface area contributed by atoms with Gasteiger partial charge in [0.15, 0.2) is 0 Å². The van der Waals surface area contributed by atoms with Crippen LogP contribution in [-0.2, 0) is 14.3 Å². The number of carbonyl (C=O) groups is 2. The van der Waals surface area contributed by atoms with Crippen LogP contribution in [0.5, 0.6) is 0 Å². The molecule has 1 aliphatic rings. The van der Waals surface area contributed by atoms with Crippen LogP contribution in [0.15, 0.2) is 12.7 Å². The van der Waals surface area contributed by atoms with Gasteiger partial charge in [0, 0.05) is 5.92 Å². The number of hydrogen-bond donors (Lipinski definition) is 1. The monoisotopic (exact) mass is 240 g/mol. The fourth-order valence-electron chi connectivity index (χ4n) is 2.26. The van der Waals surface area contributed by atoms with Gasteiger partial charge in [-0.2, -0.15) is 0 Å². The zero-order chi connectivity index (χ0) is 12.8. The van der Waals surface area contributed by atoms with Gasteiger partial charge in [0.25, 0.3) is 0 Å². The molecule has 0 amide bonds. The van der Waals surface area contributed by atoms with Gasteiger partial charge in [-0.1, -0.05) is 26.0 Å². The Morgan fingerprint density at radius 1 is 1.47 bits per heavy atom. The smallest absolute Gasteiger partial charge is 0.306 e. The lowest BCUT2D eigenvalue weighted by molar-refractivity contribution is -0.154. The predicted molar refractivity (Wildman–Crippen MR) is 63.5 cm³/mol. The average molecular weight is 240 g/mol. The summed E-state index contributed by atoms with van der Waals surface area (Å²) in [6.45, 7) is 5.82. The quantitative estimate of drug-likeness (QED) is 0.548. The van der Waals surface area contributed by atoms with Crippen molar-refractivity contribution < 1.29 is 19.4 Å². The highest BCUT2D eigenvalue weighted by Crippen LogP contribution is 2.40. The van der Waals surface area contributed by atoms with E-state index in [4.69, 9.17) is 9.84 Å². The van der Waals surface area contributed by atoms with E-state index in [1.807, 2.05) is 0 Å². The van der Waals surface area contributed by atoms with E-state index in [9.17, 15) is 9.59 Å². The van der Waals surface area contributed by atoms with E-state index in [-0.39, 0.29) is 18.9 Å². The number of hydrogen-bond acceptors (Lipinski definition) is 3. The number of aliphatic carboxylic acids is 1. The highest BCUT2D eigenvalue weighted by Gasteiger charge is 2.36. The summed E-state index contributed by atoms with van der Waals surface area (Å²) >= 11 is 0. The molecular weight excluding hydrogens is 220 g/mol. The van der Waals surface area contributed by atoms with Crippen LogP contribution in [-0.4, -0.2) is 23.1 Å². The molecule has 0 spiro atoms. The van der Waals surface area contributed by atoms with Gasteiger partial charge < -0.3 is 9.84 Å². The molecule has 96 valence electrons. The van der Waals surface area contributed by atoms with Crippen LogP contribution < -0.4 is 0 Å². The van der Waals surface area contributed by atoms with Gasteiger partial charge in [0.05, 0.1) is 12.8 Å². The Labute approximate surface area is 102 Å². The Bertz CT molecular complexity index is 296. The first-order chi connectivity index (χ1) is 8.08. The van der Waals surface area contributed by atoms with Gasteiger partial charge in [-0.15, -0.1) is 0 Å². The lowest BCUT2D eigenvalue weighted by atomic mass is 9.69. The van der Waals surface area contributed by atoms with Crippen LogP contribution in [0, 0.1) is 11.8 Å². The molecule has 0 aliphatic heterocycles. The van der Waals surface area contributed by atoms with Crippen LogP contribution in [0.1, 0.15) is 39.0 Å². The first kappa shape index (κ1) is 13.7. The topological polar surface area (TPSA) is 63.6 Å². The second kappa shape index (κ2) is 6.42. The van der Waals surface area contributed by atoms with Crippen molar-refractivity contribution in [1.82, 2.24) is 0 Å². The van der Waals surface area contributed by atoms with Crippen LogP contribution in [0.4, 0.5) is 0 Å². The van der Waals surface area contributed by atoms with Gasteiger partial charge in [0.2, 0.25) is 0 Å². The van der Waals surface area contributed by atoms with Crippen LogP contribution in [0.2, 0.25) is 0 Å². The summed E-state index contributed by atoms with van der Waals surface area (Å²) < 4.78 is 5.27. The predicted octanol–water partition coefficient (Wildman–Crippen LogP) is 2.39. The average Bonchev–Trinajstić information content (AvgIpc) is 2.24. The minimum Gasteiger partial charge on any atom is -0.481 e. The number of esters is 1. The maximum absolute atomic E-state index is 11.4. The van der Waals surface area contributed by atoms with Crippen molar-refractivity contribution in [3.05, 3.63) is 12.7 Å². The molecule has 4 heteroatoms. The molecule has 0 aromatic carbocycles. The minimum absolute atomic E-state index is 0.0663. The molecule has 4 nitrogen and oxygen atoms in total. The van der Waals surface area contributed by atoms with Gasteiger partial charge in [-0.3, -0.25) is 9.59 Å². The fraction of sp³-hybridized carbons (Fsp3) is 0.692. The molecule has 0 radical (unpaired) electrons. The summed E-state index contributed by atoms with van der Waals surface area (Å²) in [6, 6.07) is 0. The van der Waals surface area contributed by atoms with Crippen molar-refractivity contribution in [2.24, 2.45) is 11.8 Å². The van der Waals surface area contributed by atoms with Crippen LogP contribution in [0.25, 0.3) is 0 Å². The highest BCUT2D eigenvalue weighted by atomic mass is 16.5. The third-order valence-corrected chi connectivity index (χ3v) is 3.47. The molecule has 0 aromatic rings. The molecule has 1 aliphatic carbocycles. The van der Waals surface area contributed by atoms with Gasteiger partial charge in [-0.05, 0) is 18.8 Å². The number of ether oxygens (including phenoxy) is 1. The molecule has 1 N–H and O–H groups in total. The van der Waals surface area contributed by atoms with E-state index in [1.54, 1.807) is 6.08 Å². The van der Waals surface area contributed by atoms with Crippen molar-refractivity contribution in [3.63, 3.8) is 0 Å². The molecule has 1 fully saturated rings. The third kappa shape index (κ3) is 3.88. The Hall–Kier alpha value is -1.32. The zero-order valence-electron chi connectivity index (χ0n) is 10.2. The Kier molecular flexibility index (Phi) is 5.19. The largest absolute Gasteiger partial charge is 0.481 e. The summed E-state index contributed by atoms with van der Waals surface area (Å²) in [4.78, 5) is 21.8. The summed E-state index contributed by atoms with van der Waals surface area (Å²) in [5.41, 5.74) is 0. The Morgan fingerprint density at radius 2 is 2.18 bits per heavy atom. The summed E-state index contributed by atoms with van der Waals surface area (Å²) in [7, 11) is 0. The molecule has 1 saturated carbocycles. The van der Waals surface area contributed by atoms with Crippen molar-refractivity contribution in [3.8, 4) is 0 Å². The number of carbonyl (C=O) groups excluding carboxylic acids is 1. The molecule has 0 aromatic heterocycles. The maximum atomic E-state index is 11.4. The molecule has 3 atom stereocenters. The van der Waals surface area contributed by atoms with E-state index in [2.05, 4.69) is 13.5 Å². The number of carboxylic acids is 1. The summed E-state index contributed by atoms with van der Waals surface area (Å²) in [6.07, 6.45) is 4.48. The first-order valence-electron chi connectivity index (χ1n) is 6.12. The summed E-state index contributed by atoms with van der Waals surface area (Å²) in [5, 5.41) is 8.47. The minimum atomic E-state index is -0.979. The van der Waals surface area contributed by atoms with Crippen molar-refractivity contribution in [2.75, 3.05) is 0 Å². The van der Waals surface area contributed by atoms with E-state index in [0.29, 0.717) is 11.8 Å². The fourth-order valence-corrected chi connectivity index (χ4v) is 2.26. The zero-order valence-corrected chi connectivity index (χ0v) is 10.2. The van der Waals surface area contributed by atoms with Gasteiger partial charge in [-0.25, -0.2) is 0 Å². The maximum Gasteiger partial charge on any atom is 0.306 e. The summed E-state index contributed by atoms with van der Waals surface area (Å²) in [5.74, 6) is -0.456. The van der Waals surface area contributed by atoms with Crippen molar-refractivity contribution in [2.45, 2.75) is 45.1 Å². The lowest BCUT2D eigenvalue weighted by Crippen LogP contribution is -2.37. The van der Waals surface area contributed by atoms with Crippen molar-refractivity contribution in [1.29, 1.82) is 0 Å². The molecule has 0 heterocycles. The number of rotatable bonds is 7. The standard InChI is InChI=1S/C13H20O4/c1-3-9-5-6-10(9)11(4-2)17-13(16)8-7-12(14)15/h4,9-11H,2-3,5-8H2,1H3,(H,14,15)/t9-,10-,11-/m1/s1. The molecule has 0 unspecified atom stereocenters. The van der Waals surface area contributed by atoms with E-state index in [0.717, 1.165) is 12.8 Å². The van der Waals surface area contributed by atoms with Gasteiger partial charge in [0.1, 0.15) is 6.10 Å². The molecule has 1 rings (SSSR count). The van der Waals surface area contributed by atoms with E-state index >= 15 is 0 Å². The Balaban J connectivity index is 2.38. The lowest BCUT2D eigenvalue weighted by Gasteiger charge is -2.39. The SMILES string of the molecule is C=C[C@@H](OC(=O)CCC(=O)O)[C@@H]1CC[C@H]1CC. The highest BCUT2D eigenvalue weighted by molar-refractivity contribution is 5.76. The molecule has 17 heavy (non-hydrogen) atoms. The normalized spacial score (nSPS) is 24.5. The van der Waals surface area contributed by atoms with E-state index in [1.165, 1.54) is 6.42 Å². The van der Waals surface area contributed by atoms with E-state index < -0.39 is 11.9 Å².